The summed E-state index contributed by atoms with van der Waals surface area (Å²) in [6.07, 6.45) is 5.00. The van der Waals surface area contributed by atoms with Gasteiger partial charge in [0, 0.05) is 56.4 Å². The predicted molar refractivity (Wildman–Crippen MR) is 138 cm³/mol. The maximum atomic E-state index is 13.7. The van der Waals surface area contributed by atoms with Crippen molar-refractivity contribution in [3.63, 3.8) is 0 Å². The van der Waals surface area contributed by atoms with Crippen molar-refractivity contribution in [2.24, 2.45) is 5.92 Å². The van der Waals surface area contributed by atoms with Crippen molar-refractivity contribution in [1.82, 2.24) is 19.3 Å². The second kappa shape index (κ2) is 9.46. The number of benzene rings is 2. The first-order chi connectivity index (χ1) is 18.0. The third-order valence-electron chi connectivity index (χ3n) is 7.33. The Morgan fingerprint density at radius 3 is 2.68 bits per heavy atom. The summed E-state index contributed by atoms with van der Waals surface area (Å²) < 4.78 is 22.9. The van der Waals surface area contributed by atoms with Gasteiger partial charge in [-0.05, 0) is 42.5 Å². The smallest absolute Gasteiger partial charge is 0.274 e. The van der Waals surface area contributed by atoms with E-state index in [1.165, 1.54) is 6.92 Å². The molecule has 1 saturated carbocycles. The Morgan fingerprint density at radius 1 is 1.11 bits per heavy atom. The van der Waals surface area contributed by atoms with Gasteiger partial charge in [-0.2, -0.15) is 0 Å². The Bertz CT molecular complexity index is 1530. The molecule has 2 aromatic carbocycles. The highest BCUT2D eigenvalue weighted by molar-refractivity contribution is 5.85. The van der Waals surface area contributed by atoms with Crippen molar-refractivity contribution in [2.75, 3.05) is 11.9 Å². The van der Waals surface area contributed by atoms with Crippen LogP contribution in [-0.2, 0) is 11.3 Å². The van der Waals surface area contributed by atoms with E-state index in [9.17, 15) is 14.0 Å². The van der Waals surface area contributed by atoms with Gasteiger partial charge in [0.15, 0.2) is 0 Å². The third kappa shape index (κ3) is 4.39. The van der Waals surface area contributed by atoms with E-state index in [4.69, 9.17) is 4.74 Å². The molecule has 6 rings (SSSR count). The van der Waals surface area contributed by atoms with Gasteiger partial charge in [-0.1, -0.05) is 24.3 Å². The lowest BCUT2D eigenvalue weighted by Crippen LogP contribution is -2.18. The number of alkyl halides is 1. The molecule has 0 spiro atoms. The zero-order chi connectivity index (χ0) is 25.5. The van der Waals surface area contributed by atoms with E-state index in [1.807, 2.05) is 41.1 Å². The van der Waals surface area contributed by atoms with Crippen LogP contribution in [-0.4, -0.2) is 38.0 Å². The summed E-state index contributed by atoms with van der Waals surface area (Å²) in [5.74, 6) is 1.68. The van der Waals surface area contributed by atoms with Crippen molar-refractivity contribution in [3.05, 3.63) is 70.8 Å². The highest BCUT2D eigenvalue weighted by Gasteiger charge is 2.30. The van der Waals surface area contributed by atoms with E-state index in [0.717, 1.165) is 28.6 Å². The number of hydrogen-bond donors (Lipinski definition) is 1. The lowest BCUT2D eigenvalue weighted by atomic mass is 10.0. The van der Waals surface area contributed by atoms with E-state index < -0.39 is 6.36 Å². The minimum Gasteiger partial charge on any atom is -0.460 e. The van der Waals surface area contributed by atoms with Crippen LogP contribution in [0.1, 0.15) is 44.2 Å². The first-order valence-electron chi connectivity index (χ1n) is 12.7. The number of halogens is 1. The number of rotatable bonds is 7. The fraction of sp³-hybridized carbons (Fsp3) is 0.357. The molecule has 3 atom stereocenters. The summed E-state index contributed by atoms with van der Waals surface area (Å²) in [7, 11) is 0. The maximum absolute atomic E-state index is 13.7. The summed E-state index contributed by atoms with van der Waals surface area (Å²) in [5, 5.41) is 3.87. The van der Waals surface area contributed by atoms with Gasteiger partial charge in [0.25, 0.3) is 5.56 Å². The Labute approximate surface area is 213 Å². The van der Waals surface area contributed by atoms with Gasteiger partial charge in [0.05, 0.1) is 16.9 Å². The van der Waals surface area contributed by atoms with Crippen LogP contribution in [0, 0.1) is 5.92 Å². The molecule has 0 bridgehead atoms. The Hall–Kier alpha value is -4.01. The number of ketones is 1. The number of nitrogens with zero attached hydrogens (tertiary/aromatic N) is 4. The molecule has 0 radical (unpaired) electrons. The zero-order valence-electron chi connectivity index (χ0n) is 20.6. The van der Waals surface area contributed by atoms with Gasteiger partial charge in [0.1, 0.15) is 11.5 Å². The van der Waals surface area contributed by atoms with Crippen molar-refractivity contribution < 1.29 is 13.9 Å². The molecule has 8 nitrogen and oxygen atoms in total. The molecule has 1 aliphatic carbocycles. The first-order valence-corrected chi connectivity index (χ1v) is 12.7. The number of Topliss-reactive ketones (excluding diaryl/α,β-unsaturated/α-hetero) is 1. The SMILES string of the molecule is CC(F)Oc1ccccc1[C@@H]1CCn2c(=O)c3ccc(-c4cnc(NC[C@H]5CCC(=O)C5)nc4)cc3n21. The number of aromatic nitrogens is 4. The van der Waals surface area contributed by atoms with Crippen molar-refractivity contribution in [2.45, 2.75) is 51.6 Å². The average Bonchev–Trinajstić information content (AvgIpc) is 3.59. The highest BCUT2D eigenvalue weighted by atomic mass is 19.1. The van der Waals surface area contributed by atoms with Crippen molar-refractivity contribution in [3.8, 4) is 16.9 Å². The minimum absolute atomic E-state index is 0.0394. The molecule has 9 heteroatoms. The highest BCUT2D eigenvalue weighted by Crippen LogP contribution is 2.37. The largest absolute Gasteiger partial charge is 0.460 e. The molecule has 2 aromatic heterocycles. The van der Waals surface area contributed by atoms with Gasteiger partial charge in [-0.25, -0.2) is 19.0 Å². The van der Waals surface area contributed by atoms with Gasteiger partial charge in [0.2, 0.25) is 12.3 Å². The van der Waals surface area contributed by atoms with Gasteiger partial charge >= 0.3 is 0 Å². The number of fused-ring (bicyclic) bond motifs is 3. The number of ether oxygens (including phenoxy) is 1. The zero-order valence-corrected chi connectivity index (χ0v) is 20.6. The lowest BCUT2D eigenvalue weighted by Gasteiger charge is -2.19. The van der Waals surface area contributed by atoms with Crippen LogP contribution in [0.5, 0.6) is 5.75 Å². The molecule has 0 amide bonds. The molecule has 1 fully saturated rings. The Balaban J connectivity index is 1.31. The van der Waals surface area contributed by atoms with Crippen LogP contribution in [0.4, 0.5) is 10.3 Å². The summed E-state index contributed by atoms with van der Waals surface area (Å²) in [6, 6.07) is 13.0. The second-order valence-corrected chi connectivity index (χ2v) is 9.83. The van der Waals surface area contributed by atoms with E-state index in [1.54, 1.807) is 23.1 Å². The quantitative estimate of drug-likeness (QED) is 0.394. The Kier molecular flexibility index (Phi) is 5.98. The molecule has 3 heterocycles. The van der Waals surface area contributed by atoms with Crippen molar-refractivity contribution >= 4 is 22.6 Å². The molecule has 0 saturated heterocycles. The molecule has 37 heavy (non-hydrogen) atoms. The number of hydrogen-bond acceptors (Lipinski definition) is 6. The average molecular weight is 502 g/mol. The van der Waals surface area contributed by atoms with Crippen LogP contribution < -0.4 is 15.6 Å². The summed E-state index contributed by atoms with van der Waals surface area (Å²) in [4.78, 5) is 33.6. The summed E-state index contributed by atoms with van der Waals surface area (Å²) in [5.41, 5.74) is 3.35. The van der Waals surface area contributed by atoms with Crippen LogP contribution in [0.25, 0.3) is 22.0 Å². The number of carbonyl (C=O) groups excluding carboxylic acids is 1. The van der Waals surface area contributed by atoms with Gasteiger partial charge in [-0.15, -0.1) is 0 Å². The topological polar surface area (TPSA) is 91.0 Å². The van der Waals surface area contributed by atoms with Crippen LogP contribution in [0.15, 0.2) is 59.7 Å². The number of anilines is 1. The lowest BCUT2D eigenvalue weighted by molar-refractivity contribution is -0.117. The summed E-state index contributed by atoms with van der Waals surface area (Å²) in [6.45, 7) is 2.62. The van der Waals surface area contributed by atoms with E-state index >= 15 is 0 Å². The fourth-order valence-electron chi connectivity index (χ4n) is 5.56. The van der Waals surface area contributed by atoms with Crippen molar-refractivity contribution in [1.29, 1.82) is 0 Å². The molecule has 2 aliphatic rings. The second-order valence-electron chi connectivity index (χ2n) is 9.83. The van der Waals surface area contributed by atoms with Crippen LogP contribution in [0.3, 0.4) is 0 Å². The number of nitrogens with one attached hydrogen (secondary N) is 1. The van der Waals surface area contributed by atoms with E-state index in [-0.39, 0.29) is 11.6 Å². The van der Waals surface area contributed by atoms with E-state index in [2.05, 4.69) is 15.3 Å². The molecule has 1 aliphatic heterocycles. The van der Waals surface area contributed by atoms with E-state index in [0.29, 0.717) is 61.1 Å². The normalized spacial score (nSPS) is 19.8. The Morgan fingerprint density at radius 2 is 1.92 bits per heavy atom. The number of carbonyl (C=O) groups is 1. The number of para-hydroxylation sites is 1. The monoisotopic (exact) mass is 501 g/mol. The molecular weight excluding hydrogens is 473 g/mol. The molecule has 190 valence electrons. The third-order valence-corrected chi connectivity index (χ3v) is 7.33. The van der Waals surface area contributed by atoms with Crippen LogP contribution >= 0.6 is 0 Å². The standard InChI is InChI=1S/C28H28FN5O3/c1-17(29)37-26-5-3-2-4-22(26)24-10-11-33-27(36)23-9-7-19(13-25(23)34(24)33)20-15-31-28(32-16-20)30-14-18-6-8-21(35)12-18/h2-5,7,9,13,15-18,24H,6,8,10-12,14H2,1H3,(H,30,31,32)/t17?,18-,24-/m0/s1. The predicted octanol–water partition coefficient (Wildman–Crippen LogP) is 4.73. The maximum Gasteiger partial charge on any atom is 0.274 e. The van der Waals surface area contributed by atoms with Crippen LogP contribution in [0.2, 0.25) is 0 Å². The summed E-state index contributed by atoms with van der Waals surface area (Å²) >= 11 is 0. The molecule has 1 N–H and O–H groups in total. The molecular formula is C28H28FN5O3. The van der Waals surface area contributed by atoms with Gasteiger partial charge < -0.3 is 10.1 Å². The minimum atomic E-state index is -1.43. The molecule has 4 aromatic rings. The molecule has 1 unspecified atom stereocenters. The first kappa shape index (κ1) is 23.4. The van der Waals surface area contributed by atoms with Gasteiger partial charge in [-0.3, -0.25) is 14.3 Å². The fourth-order valence-corrected chi connectivity index (χ4v) is 5.56.